The highest BCUT2D eigenvalue weighted by molar-refractivity contribution is 7.89. The van der Waals surface area contributed by atoms with Gasteiger partial charge in [0.15, 0.2) is 0 Å². The van der Waals surface area contributed by atoms with Crippen molar-refractivity contribution >= 4 is 34.0 Å². The molecule has 9 heteroatoms. The van der Waals surface area contributed by atoms with E-state index in [0.717, 1.165) is 0 Å². The lowest BCUT2D eigenvalue weighted by atomic mass is 9.91. The fourth-order valence-electron chi connectivity index (χ4n) is 3.02. The largest absolute Gasteiger partial charge is 0.368 e. The van der Waals surface area contributed by atoms with Crippen molar-refractivity contribution in [2.75, 3.05) is 25.5 Å². The van der Waals surface area contributed by atoms with Gasteiger partial charge in [0.05, 0.1) is 4.90 Å². The van der Waals surface area contributed by atoms with Crippen LogP contribution < -0.4 is 15.4 Å². The molecule has 1 fully saturated rings. The molecule has 0 unspecified atom stereocenters. The Morgan fingerprint density at radius 2 is 1.81 bits per heavy atom. The second kappa shape index (κ2) is 8.87. The standard InChI is InChI=1S/C18H29N3O4S.ClH/c1-13-6-7-14(12-15(13)26(23,24)21-17(2,3)4)20-16(22)18(25-5)8-10-19-11-9-18;/h6-7,12,19,21H,8-11H2,1-5H3,(H,20,22);1H. The van der Waals surface area contributed by atoms with E-state index in [4.69, 9.17) is 4.74 Å². The van der Waals surface area contributed by atoms with Crippen LogP contribution in [-0.4, -0.2) is 45.7 Å². The molecule has 1 aromatic carbocycles. The van der Waals surface area contributed by atoms with Gasteiger partial charge in [0, 0.05) is 18.3 Å². The number of aryl methyl sites for hydroxylation is 1. The van der Waals surface area contributed by atoms with Crippen molar-refractivity contribution in [1.29, 1.82) is 0 Å². The van der Waals surface area contributed by atoms with E-state index in [2.05, 4.69) is 15.4 Å². The third-order valence-electron chi connectivity index (χ3n) is 4.39. The van der Waals surface area contributed by atoms with Gasteiger partial charge in [-0.05, 0) is 71.3 Å². The summed E-state index contributed by atoms with van der Waals surface area (Å²) < 4.78 is 33.5. The van der Waals surface area contributed by atoms with Gasteiger partial charge in [0.25, 0.3) is 5.91 Å². The minimum Gasteiger partial charge on any atom is -0.368 e. The normalized spacial score (nSPS) is 17.1. The van der Waals surface area contributed by atoms with Crippen molar-refractivity contribution in [2.24, 2.45) is 0 Å². The number of ether oxygens (including phenoxy) is 1. The first-order chi connectivity index (χ1) is 12.0. The number of hydrogen-bond acceptors (Lipinski definition) is 5. The number of amides is 1. The Morgan fingerprint density at radius 3 is 2.33 bits per heavy atom. The van der Waals surface area contributed by atoms with Crippen molar-refractivity contribution in [3.8, 4) is 0 Å². The van der Waals surface area contributed by atoms with Crippen LogP contribution in [0.25, 0.3) is 0 Å². The summed E-state index contributed by atoms with van der Waals surface area (Å²) in [5, 5.41) is 6.03. The zero-order valence-corrected chi connectivity index (χ0v) is 18.1. The first-order valence-corrected chi connectivity index (χ1v) is 10.2. The van der Waals surface area contributed by atoms with Crippen LogP contribution in [0.3, 0.4) is 0 Å². The highest BCUT2D eigenvalue weighted by Crippen LogP contribution is 2.26. The summed E-state index contributed by atoms with van der Waals surface area (Å²) in [5.74, 6) is -0.252. The number of carbonyl (C=O) groups is 1. The van der Waals surface area contributed by atoms with Crippen molar-refractivity contribution in [3.05, 3.63) is 23.8 Å². The molecule has 2 rings (SSSR count). The fourth-order valence-corrected chi connectivity index (χ4v) is 4.72. The number of carbonyl (C=O) groups excluding carboxylic acids is 1. The van der Waals surface area contributed by atoms with Crippen LogP contribution in [0.4, 0.5) is 5.69 Å². The number of piperidine rings is 1. The van der Waals surface area contributed by atoms with Crippen LogP contribution in [-0.2, 0) is 19.6 Å². The molecule has 1 aliphatic heterocycles. The Hall–Kier alpha value is -1.19. The molecule has 1 heterocycles. The molecule has 0 spiro atoms. The van der Waals surface area contributed by atoms with E-state index < -0.39 is 21.2 Å². The Morgan fingerprint density at radius 1 is 1.22 bits per heavy atom. The predicted octanol–water partition coefficient (Wildman–Crippen LogP) is 2.20. The predicted molar refractivity (Wildman–Crippen MR) is 109 cm³/mol. The molecule has 0 atom stereocenters. The van der Waals surface area contributed by atoms with Crippen molar-refractivity contribution in [3.63, 3.8) is 0 Å². The topological polar surface area (TPSA) is 96.5 Å². The van der Waals surface area contributed by atoms with Gasteiger partial charge >= 0.3 is 0 Å². The van der Waals surface area contributed by atoms with Gasteiger partial charge in [-0.2, -0.15) is 0 Å². The molecule has 0 bridgehead atoms. The van der Waals surface area contributed by atoms with Gasteiger partial charge in [-0.15, -0.1) is 12.4 Å². The van der Waals surface area contributed by atoms with Gasteiger partial charge in [0.2, 0.25) is 10.0 Å². The minimum absolute atomic E-state index is 0. The summed E-state index contributed by atoms with van der Waals surface area (Å²) in [5.41, 5.74) is -0.439. The fraction of sp³-hybridized carbons (Fsp3) is 0.611. The van der Waals surface area contributed by atoms with E-state index in [1.807, 2.05) is 0 Å². The molecule has 0 radical (unpaired) electrons. The van der Waals surface area contributed by atoms with Gasteiger partial charge in [0.1, 0.15) is 5.60 Å². The maximum absolute atomic E-state index is 12.8. The lowest BCUT2D eigenvalue weighted by molar-refractivity contribution is -0.140. The Bertz CT molecular complexity index is 769. The highest BCUT2D eigenvalue weighted by Gasteiger charge is 2.39. The lowest BCUT2D eigenvalue weighted by Crippen LogP contribution is -2.51. The summed E-state index contributed by atoms with van der Waals surface area (Å²) in [6.45, 7) is 8.47. The van der Waals surface area contributed by atoms with E-state index in [0.29, 0.717) is 37.2 Å². The van der Waals surface area contributed by atoms with Crippen LogP contribution in [0.2, 0.25) is 0 Å². The van der Waals surface area contributed by atoms with Crippen LogP contribution in [0.5, 0.6) is 0 Å². The van der Waals surface area contributed by atoms with Crippen LogP contribution in [0, 0.1) is 6.92 Å². The minimum atomic E-state index is -3.70. The monoisotopic (exact) mass is 419 g/mol. The third-order valence-corrected chi connectivity index (χ3v) is 6.29. The van der Waals surface area contributed by atoms with Gasteiger partial charge in [-0.1, -0.05) is 6.07 Å². The SMILES string of the molecule is COC1(C(=O)Nc2ccc(C)c(S(=O)(=O)NC(C)(C)C)c2)CCNCC1.Cl. The molecule has 1 amide bonds. The molecular formula is C18H30ClN3O4S. The van der Waals surface area contributed by atoms with Crippen LogP contribution >= 0.6 is 12.4 Å². The summed E-state index contributed by atoms with van der Waals surface area (Å²) in [6.07, 6.45) is 1.13. The summed E-state index contributed by atoms with van der Waals surface area (Å²) >= 11 is 0. The van der Waals surface area contributed by atoms with Gasteiger partial charge < -0.3 is 15.4 Å². The van der Waals surface area contributed by atoms with E-state index >= 15 is 0 Å². The van der Waals surface area contributed by atoms with Crippen LogP contribution in [0.1, 0.15) is 39.2 Å². The van der Waals surface area contributed by atoms with Gasteiger partial charge in [-0.25, -0.2) is 13.1 Å². The second-order valence-electron chi connectivity index (χ2n) is 7.74. The molecule has 0 aromatic heterocycles. The average molecular weight is 420 g/mol. The number of nitrogens with one attached hydrogen (secondary N) is 3. The number of anilines is 1. The first-order valence-electron chi connectivity index (χ1n) is 8.71. The Labute approximate surface area is 168 Å². The second-order valence-corrected chi connectivity index (χ2v) is 9.39. The molecule has 0 saturated carbocycles. The number of halogens is 1. The summed E-state index contributed by atoms with van der Waals surface area (Å²) in [4.78, 5) is 12.9. The summed E-state index contributed by atoms with van der Waals surface area (Å²) in [6, 6.07) is 4.88. The summed E-state index contributed by atoms with van der Waals surface area (Å²) in [7, 11) is -2.16. The van der Waals surface area contributed by atoms with Crippen molar-refractivity contribution < 1.29 is 17.9 Å². The van der Waals surface area contributed by atoms with Crippen molar-refractivity contribution in [2.45, 2.75) is 56.6 Å². The number of sulfonamides is 1. The zero-order chi connectivity index (χ0) is 19.6. The Kier molecular flexibility index (Phi) is 7.84. The molecule has 7 nitrogen and oxygen atoms in total. The maximum Gasteiger partial charge on any atom is 0.256 e. The van der Waals surface area contributed by atoms with E-state index in [-0.39, 0.29) is 23.2 Å². The quantitative estimate of drug-likeness (QED) is 0.679. The zero-order valence-electron chi connectivity index (χ0n) is 16.5. The molecule has 0 aliphatic carbocycles. The van der Waals surface area contributed by atoms with Gasteiger partial charge in [-0.3, -0.25) is 4.79 Å². The third kappa shape index (κ3) is 5.89. The average Bonchev–Trinajstić information content (AvgIpc) is 2.54. The molecule has 1 aromatic rings. The van der Waals surface area contributed by atoms with E-state index in [9.17, 15) is 13.2 Å². The number of rotatable bonds is 5. The molecule has 1 aliphatic rings. The molecule has 27 heavy (non-hydrogen) atoms. The smallest absolute Gasteiger partial charge is 0.256 e. The number of benzene rings is 1. The molecule has 3 N–H and O–H groups in total. The lowest BCUT2D eigenvalue weighted by Gasteiger charge is -2.34. The first kappa shape index (κ1) is 23.8. The number of hydrogen-bond donors (Lipinski definition) is 3. The van der Waals surface area contributed by atoms with E-state index in [1.165, 1.54) is 13.2 Å². The molecule has 1 saturated heterocycles. The van der Waals surface area contributed by atoms with Crippen molar-refractivity contribution in [1.82, 2.24) is 10.0 Å². The number of methoxy groups -OCH3 is 1. The highest BCUT2D eigenvalue weighted by atomic mass is 35.5. The maximum atomic E-state index is 12.8. The molecule has 154 valence electrons. The van der Waals surface area contributed by atoms with E-state index in [1.54, 1.807) is 39.8 Å². The molecular weight excluding hydrogens is 390 g/mol. The Balaban J connectivity index is 0.00000364. The van der Waals surface area contributed by atoms with Crippen LogP contribution in [0.15, 0.2) is 23.1 Å².